The third-order valence-electron chi connectivity index (χ3n) is 3.96. The normalized spacial score (nSPS) is 15.4. The predicted molar refractivity (Wildman–Crippen MR) is 98.1 cm³/mol. The second kappa shape index (κ2) is 7.01. The van der Waals surface area contributed by atoms with Crippen molar-refractivity contribution < 1.29 is 8.81 Å². The highest BCUT2D eigenvalue weighted by molar-refractivity contribution is 8.00. The largest absolute Gasteiger partial charge is 0.464 e. The van der Waals surface area contributed by atoms with Crippen LogP contribution >= 0.6 is 23.3 Å². The predicted octanol–water partition coefficient (Wildman–Crippen LogP) is 5.28. The fraction of sp³-hybridized carbons (Fsp3) is 0.222. The topological polar surface area (TPSA) is 28.4 Å². The first-order valence-corrected chi connectivity index (χ1v) is 9.52. The van der Waals surface area contributed by atoms with E-state index in [1.807, 2.05) is 12.1 Å². The molecule has 2 aromatic heterocycles. The maximum atomic E-state index is 13.0. The van der Waals surface area contributed by atoms with E-state index in [2.05, 4.69) is 44.6 Å². The van der Waals surface area contributed by atoms with Crippen LogP contribution in [0.1, 0.15) is 5.56 Å². The number of anilines is 1. The molecule has 3 aromatic rings. The van der Waals surface area contributed by atoms with Crippen molar-refractivity contribution in [3.05, 3.63) is 59.0 Å². The molecule has 1 saturated heterocycles. The summed E-state index contributed by atoms with van der Waals surface area (Å²) in [5.41, 5.74) is 3.20. The number of benzene rings is 1. The van der Waals surface area contributed by atoms with E-state index < -0.39 is 6.17 Å². The van der Waals surface area contributed by atoms with Gasteiger partial charge in [0.05, 0.1) is 12.0 Å². The standard InChI is InChI=1S/C18H17FN2OS2/c19-14-10-21(11-14)9-13-3-4-17(20-24-15-5-7-23-12-15)16(8-13)18-2-1-6-22-18/h1-8,12,14,20H,9-11H2. The van der Waals surface area contributed by atoms with Crippen molar-refractivity contribution in [2.75, 3.05) is 17.8 Å². The van der Waals surface area contributed by atoms with Gasteiger partial charge >= 0.3 is 0 Å². The van der Waals surface area contributed by atoms with Gasteiger partial charge in [-0.3, -0.25) is 4.90 Å². The summed E-state index contributed by atoms with van der Waals surface area (Å²) in [5.74, 6) is 0.831. The van der Waals surface area contributed by atoms with Crippen LogP contribution in [-0.2, 0) is 6.54 Å². The highest BCUT2D eigenvalue weighted by Gasteiger charge is 2.26. The van der Waals surface area contributed by atoms with Gasteiger partial charge in [-0.15, -0.1) is 0 Å². The molecule has 6 heteroatoms. The number of furan rings is 1. The van der Waals surface area contributed by atoms with E-state index >= 15 is 0 Å². The fourth-order valence-corrected chi connectivity index (χ4v) is 4.24. The number of nitrogens with zero attached hydrogens (tertiary/aromatic N) is 1. The SMILES string of the molecule is FC1CN(Cc2ccc(NSc3ccsc3)c(-c3ccco3)c2)C1. The molecule has 1 fully saturated rings. The Morgan fingerprint density at radius 3 is 2.92 bits per heavy atom. The third kappa shape index (κ3) is 3.50. The van der Waals surface area contributed by atoms with Gasteiger partial charge in [-0.2, -0.15) is 11.3 Å². The van der Waals surface area contributed by atoms with E-state index in [0.29, 0.717) is 13.1 Å². The lowest BCUT2D eigenvalue weighted by atomic mass is 10.0. The molecule has 0 bridgehead atoms. The Kier molecular flexibility index (Phi) is 4.60. The lowest BCUT2D eigenvalue weighted by Crippen LogP contribution is -2.47. The van der Waals surface area contributed by atoms with Crippen molar-refractivity contribution in [2.45, 2.75) is 17.6 Å². The van der Waals surface area contributed by atoms with Crippen LogP contribution in [0.15, 0.2) is 62.7 Å². The molecule has 124 valence electrons. The number of alkyl halides is 1. The molecule has 24 heavy (non-hydrogen) atoms. The van der Waals surface area contributed by atoms with Gasteiger partial charge in [0.15, 0.2) is 0 Å². The zero-order chi connectivity index (χ0) is 16.4. The Morgan fingerprint density at radius 1 is 1.29 bits per heavy atom. The maximum Gasteiger partial charge on any atom is 0.135 e. The van der Waals surface area contributed by atoms with Gasteiger partial charge in [0.2, 0.25) is 0 Å². The Hall–Kier alpha value is -1.76. The van der Waals surface area contributed by atoms with Gasteiger partial charge in [-0.05, 0) is 53.2 Å². The molecule has 0 radical (unpaired) electrons. The maximum absolute atomic E-state index is 13.0. The van der Waals surface area contributed by atoms with Gasteiger partial charge in [0.1, 0.15) is 11.9 Å². The summed E-state index contributed by atoms with van der Waals surface area (Å²) in [7, 11) is 0. The van der Waals surface area contributed by atoms with Gasteiger partial charge in [0.25, 0.3) is 0 Å². The minimum absolute atomic E-state index is 0.532. The molecule has 0 amide bonds. The van der Waals surface area contributed by atoms with Crippen molar-refractivity contribution in [3.8, 4) is 11.3 Å². The summed E-state index contributed by atoms with van der Waals surface area (Å²) in [5, 5.41) is 4.17. The summed E-state index contributed by atoms with van der Waals surface area (Å²) >= 11 is 3.27. The van der Waals surface area contributed by atoms with Gasteiger partial charge in [-0.1, -0.05) is 6.07 Å². The Balaban J connectivity index is 1.55. The van der Waals surface area contributed by atoms with E-state index in [0.717, 1.165) is 23.6 Å². The summed E-state index contributed by atoms with van der Waals surface area (Å²) < 4.78 is 22.0. The van der Waals surface area contributed by atoms with Gasteiger partial charge in [-0.25, -0.2) is 4.39 Å². The number of hydrogen-bond acceptors (Lipinski definition) is 5. The second-order valence-electron chi connectivity index (χ2n) is 5.81. The average molecular weight is 360 g/mol. The van der Waals surface area contributed by atoms with Crippen LogP contribution in [0.5, 0.6) is 0 Å². The van der Waals surface area contributed by atoms with Crippen molar-refractivity contribution in [1.29, 1.82) is 0 Å². The molecule has 4 rings (SSSR count). The molecule has 1 aliphatic heterocycles. The van der Waals surface area contributed by atoms with Crippen molar-refractivity contribution in [1.82, 2.24) is 4.90 Å². The van der Waals surface area contributed by atoms with E-state index in [-0.39, 0.29) is 0 Å². The Morgan fingerprint density at radius 2 is 2.21 bits per heavy atom. The fourth-order valence-electron chi connectivity index (χ4n) is 2.73. The molecular weight excluding hydrogens is 343 g/mol. The highest BCUT2D eigenvalue weighted by Crippen LogP contribution is 2.33. The van der Waals surface area contributed by atoms with Crippen LogP contribution in [-0.4, -0.2) is 24.2 Å². The number of hydrogen-bond donors (Lipinski definition) is 1. The van der Waals surface area contributed by atoms with Crippen molar-refractivity contribution >= 4 is 29.0 Å². The minimum atomic E-state index is -0.669. The van der Waals surface area contributed by atoms with E-state index in [9.17, 15) is 4.39 Å². The summed E-state index contributed by atoms with van der Waals surface area (Å²) in [6.07, 6.45) is 1.01. The number of rotatable bonds is 6. The van der Waals surface area contributed by atoms with Crippen LogP contribution in [0, 0.1) is 0 Å². The molecular formula is C18H17FN2OS2. The van der Waals surface area contributed by atoms with Crippen molar-refractivity contribution in [3.63, 3.8) is 0 Å². The zero-order valence-electron chi connectivity index (χ0n) is 12.9. The summed E-state index contributed by atoms with van der Waals surface area (Å²) in [6, 6.07) is 12.2. The zero-order valence-corrected chi connectivity index (χ0v) is 14.6. The molecule has 1 aliphatic rings. The first-order chi connectivity index (χ1) is 11.8. The van der Waals surface area contributed by atoms with Crippen molar-refractivity contribution in [2.24, 2.45) is 0 Å². The lowest BCUT2D eigenvalue weighted by Gasteiger charge is -2.34. The second-order valence-corrected chi connectivity index (χ2v) is 7.47. The smallest absolute Gasteiger partial charge is 0.135 e. The number of halogens is 1. The first-order valence-electron chi connectivity index (χ1n) is 7.76. The third-order valence-corrected chi connectivity index (χ3v) is 5.61. The number of nitrogens with one attached hydrogen (secondary N) is 1. The van der Waals surface area contributed by atoms with E-state index in [1.165, 1.54) is 10.5 Å². The molecule has 0 aliphatic carbocycles. The highest BCUT2D eigenvalue weighted by atomic mass is 32.2. The minimum Gasteiger partial charge on any atom is -0.464 e. The first kappa shape index (κ1) is 15.7. The van der Waals surface area contributed by atoms with E-state index in [4.69, 9.17) is 4.42 Å². The van der Waals surface area contributed by atoms with Crippen LogP contribution in [0.2, 0.25) is 0 Å². The number of likely N-dealkylation sites (tertiary alicyclic amines) is 1. The summed E-state index contributed by atoms with van der Waals surface area (Å²) in [4.78, 5) is 3.29. The molecule has 3 heterocycles. The van der Waals surface area contributed by atoms with E-state index in [1.54, 1.807) is 29.5 Å². The van der Waals surface area contributed by atoms with Crippen LogP contribution in [0.3, 0.4) is 0 Å². The van der Waals surface area contributed by atoms with Gasteiger partial charge in [0, 0.05) is 35.5 Å². The molecule has 0 saturated carbocycles. The molecule has 3 nitrogen and oxygen atoms in total. The van der Waals surface area contributed by atoms with Crippen LogP contribution < -0.4 is 4.72 Å². The molecule has 1 aromatic carbocycles. The quantitative estimate of drug-likeness (QED) is 0.605. The molecule has 1 N–H and O–H groups in total. The average Bonchev–Trinajstić information content (AvgIpc) is 3.25. The molecule has 0 atom stereocenters. The molecule has 0 spiro atoms. The Labute approximate surface area is 148 Å². The Bertz CT molecular complexity index is 783. The number of thiophene rings is 1. The van der Waals surface area contributed by atoms with Crippen LogP contribution in [0.25, 0.3) is 11.3 Å². The molecule has 0 unspecified atom stereocenters. The summed E-state index contributed by atoms with van der Waals surface area (Å²) in [6.45, 7) is 1.83. The van der Waals surface area contributed by atoms with Crippen LogP contribution in [0.4, 0.5) is 10.1 Å². The lowest BCUT2D eigenvalue weighted by molar-refractivity contribution is 0.0591. The monoisotopic (exact) mass is 360 g/mol. The van der Waals surface area contributed by atoms with Gasteiger partial charge < -0.3 is 9.14 Å².